The van der Waals surface area contributed by atoms with Gasteiger partial charge in [0.05, 0.1) is 23.3 Å². The highest BCUT2D eigenvalue weighted by atomic mass is 35.5. The zero-order valence-electron chi connectivity index (χ0n) is 6.44. The first kappa shape index (κ1) is 8.36. The molecule has 0 unspecified atom stereocenters. The molecule has 1 aromatic rings. The van der Waals surface area contributed by atoms with Gasteiger partial charge in [0.2, 0.25) is 0 Å². The maximum absolute atomic E-state index is 5.87. The van der Waals surface area contributed by atoms with Crippen molar-refractivity contribution in [2.24, 2.45) is 0 Å². The van der Waals surface area contributed by atoms with E-state index in [0.717, 1.165) is 18.6 Å². The van der Waals surface area contributed by atoms with Crippen LogP contribution in [0.25, 0.3) is 0 Å². The van der Waals surface area contributed by atoms with Gasteiger partial charge in [0.25, 0.3) is 0 Å². The molecule has 0 saturated heterocycles. The van der Waals surface area contributed by atoms with Crippen molar-refractivity contribution in [2.75, 3.05) is 6.61 Å². The van der Waals surface area contributed by atoms with Gasteiger partial charge in [-0.2, -0.15) is 0 Å². The van der Waals surface area contributed by atoms with Gasteiger partial charge < -0.3 is 4.74 Å². The predicted octanol–water partition coefficient (Wildman–Crippen LogP) is 3.07. The van der Waals surface area contributed by atoms with Gasteiger partial charge in [-0.05, 0) is 29.7 Å². The van der Waals surface area contributed by atoms with Crippen LogP contribution in [0.5, 0.6) is 0 Å². The van der Waals surface area contributed by atoms with Crippen LogP contribution < -0.4 is 0 Å². The van der Waals surface area contributed by atoms with Gasteiger partial charge in [0, 0.05) is 0 Å². The second kappa shape index (κ2) is 3.25. The lowest BCUT2D eigenvalue weighted by molar-refractivity contribution is 0.111. The molecule has 2 rings (SSSR count). The molecule has 1 aliphatic rings. The molecule has 1 nitrogen and oxygen atoms in total. The summed E-state index contributed by atoms with van der Waals surface area (Å²) in [6.45, 7) is 1.44. The lowest BCUT2D eigenvalue weighted by atomic mass is 10.0. The minimum Gasteiger partial charge on any atom is -0.376 e. The normalized spacial score (nSPS) is 15.8. The molecule has 0 saturated carbocycles. The third-order valence-corrected chi connectivity index (χ3v) is 2.74. The summed E-state index contributed by atoms with van der Waals surface area (Å²) >= 11 is 11.7. The van der Waals surface area contributed by atoms with Crippen LogP contribution in [0, 0.1) is 0 Å². The summed E-state index contributed by atoms with van der Waals surface area (Å²) in [6.07, 6.45) is 0.937. The molecule has 0 aliphatic carbocycles. The second-order valence-electron chi connectivity index (χ2n) is 2.84. The van der Waals surface area contributed by atoms with E-state index in [0.29, 0.717) is 16.7 Å². The second-order valence-corrected chi connectivity index (χ2v) is 3.65. The molecule has 0 radical (unpaired) electrons. The average Bonchev–Trinajstić information content (AvgIpc) is 2.07. The Bertz CT molecular complexity index is 279. The van der Waals surface area contributed by atoms with Crippen molar-refractivity contribution in [3.05, 3.63) is 33.3 Å². The summed E-state index contributed by atoms with van der Waals surface area (Å²) in [4.78, 5) is 0. The van der Waals surface area contributed by atoms with Crippen LogP contribution in [0.3, 0.4) is 0 Å². The summed E-state index contributed by atoms with van der Waals surface area (Å²) in [6, 6.07) is 3.82. The van der Waals surface area contributed by atoms with E-state index in [2.05, 4.69) is 0 Å². The molecule has 12 heavy (non-hydrogen) atoms. The SMILES string of the molecule is Clc1cc2c(cc1Cl)COCC2. The Labute approximate surface area is 81.2 Å². The number of ether oxygens (including phenoxy) is 1. The summed E-state index contributed by atoms with van der Waals surface area (Å²) in [5, 5.41) is 1.25. The highest BCUT2D eigenvalue weighted by Gasteiger charge is 2.11. The molecule has 0 fully saturated rings. The van der Waals surface area contributed by atoms with Gasteiger partial charge in [-0.1, -0.05) is 23.2 Å². The average molecular weight is 203 g/mol. The molecule has 1 aliphatic heterocycles. The van der Waals surface area contributed by atoms with Crippen LogP contribution >= 0.6 is 23.2 Å². The first-order valence-corrected chi connectivity index (χ1v) is 4.57. The number of halogens is 2. The fraction of sp³-hybridized carbons (Fsp3) is 0.333. The maximum atomic E-state index is 5.87. The Morgan fingerprint density at radius 1 is 1.08 bits per heavy atom. The van der Waals surface area contributed by atoms with E-state index in [4.69, 9.17) is 27.9 Å². The zero-order chi connectivity index (χ0) is 8.55. The number of hydrogen-bond acceptors (Lipinski definition) is 1. The number of rotatable bonds is 0. The highest BCUT2D eigenvalue weighted by molar-refractivity contribution is 6.42. The van der Waals surface area contributed by atoms with E-state index < -0.39 is 0 Å². The van der Waals surface area contributed by atoms with Crippen LogP contribution in [0.1, 0.15) is 11.1 Å². The molecule has 64 valence electrons. The summed E-state index contributed by atoms with van der Waals surface area (Å²) in [7, 11) is 0. The van der Waals surface area contributed by atoms with Crippen molar-refractivity contribution in [3.63, 3.8) is 0 Å². The van der Waals surface area contributed by atoms with Crippen LogP contribution in [0.2, 0.25) is 10.0 Å². The molecule has 0 spiro atoms. The minimum absolute atomic E-state index is 0.612. The fourth-order valence-electron chi connectivity index (χ4n) is 1.36. The van der Waals surface area contributed by atoms with Gasteiger partial charge >= 0.3 is 0 Å². The van der Waals surface area contributed by atoms with Crippen molar-refractivity contribution in [1.29, 1.82) is 0 Å². The Kier molecular flexibility index (Phi) is 2.26. The topological polar surface area (TPSA) is 9.23 Å². The maximum Gasteiger partial charge on any atom is 0.0720 e. The molecule has 3 heteroatoms. The highest BCUT2D eigenvalue weighted by Crippen LogP contribution is 2.28. The van der Waals surface area contributed by atoms with Gasteiger partial charge in [-0.15, -0.1) is 0 Å². The summed E-state index contributed by atoms with van der Waals surface area (Å²) in [5.41, 5.74) is 2.42. The summed E-state index contributed by atoms with van der Waals surface area (Å²) < 4.78 is 5.29. The Balaban J connectivity index is 2.49. The Morgan fingerprint density at radius 3 is 2.50 bits per heavy atom. The quantitative estimate of drug-likeness (QED) is 0.629. The van der Waals surface area contributed by atoms with E-state index in [-0.39, 0.29) is 0 Å². The van der Waals surface area contributed by atoms with Gasteiger partial charge in [-0.3, -0.25) is 0 Å². The van der Waals surface area contributed by atoms with Crippen molar-refractivity contribution in [3.8, 4) is 0 Å². The first-order chi connectivity index (χ1) is 5.77. The van der Waals surface area contributed by atoms with Crippen molar-refractivity contribution >= 4 is 23.2 Å². The van der Waals surface area contributed by atoms with Crippen LogP contribution in [-0.2, 0) is 17.8 Å². The molecule has 0 amide bonds. The number of fused-ring (bicyclic) bond motifs is 1. The Morgan fingerprint density at radius 2 is 1.75 bits per heavy atom. The van der Waals surface area contributed by atoms with E-state index in [9.17, 15) is 0 Å². The van der Waals surface area contributed by atoms with Crippen LogP contribution in [0.4, 0.5) is 0 Å². The Hall–Kier alpha value is -0.240. The van der Waals surface area contributed by atoms with Gasteiger partial charge in [0.15, 0.2) is 0 Å². The molecule has 0 N–H and O–H groups in total. The third-order valence-electron chi connectivity index (χ3n) is 2.02. The molecule has 0 atom stereocenters. The lowest BCUT2D eigenvalue weighted by Crippen LogP contribution is -2.09. The number of benzene rings is 1. The van der Waals surface area contributed by atoms with E-state index in [1.165, 1.54) is 5.56 Å². The van der Waals surface area contributed by atoms with E-state index in [1.807, 2.05) is 12.1 Å². The van der Waals surface area contributed by atoms with Gasteiger partial charge in [0.1, 0.15) is 0 Å². The van der Waals surface area contributed by atoms with E-state index in [1.54, 1.807) is 0 Å². The predicted molar refractivity (Wildman–Crippen MR) is 49.8 cm³/mol. The van der Waals surface area contributed by atoms with Crippen molar-refractivity contribution in [1.82, 2.24) is 0 Å². The largest absolute Gasteiger partial charge is 0.376 e. The zero-order valence-corrected chi connectivity index (χ0v) is 7.95. The monoisotopic (exact) mass is 202 g/mol. The minimum atomic E-state index is 0.612. The molecular formula is C9H8Cl2O. The molecule has 1 heterocycles. The molecular weight excluding hydrogens is 195 g/mol. The van der Waals surface area contributed by atoms with Crippen molar-refractivity contribution in [2.45, 2.75) is 13.0 Å². The van der Waals surface area contributed by atoms with E-state index >= 15 is 0 Å². The smallest absolute Gasteiger partial charge is 0.0720 e. The van der Waals surface area contributed by atoms with Crippen LogP contribution in [0.15, 0.2) is 12.1 Å². The lowest BCUT2D eigenvalue weighted by Gasteiger charge is -2.16. The molecule has 0 bridgehead atoms. The van der Waals surface area contributed by atoms with Crippen molar-refractivity contribution < 1.29 is 4.74 Å². The molecule has 1 aromatic carbocycles. The summed E-state index contributed by atoms with van der Waals surface area (Å²) in [5.74, 6) is 0. The molecule has 0 aromatic heterocycles. The number of hydrogen-bond donors (Lipinski definition) is 0. The first-order valence-electron chi connectivity index (χ1n) is 3.82. The van der Waals surface area contributed by atoms with Crippen LogP contribution in [-0.4, -0.2) is 6.61 Å². The fourth-order valence-corrected chi connectivity index (χ4v) is 1.73. The standard InChI is InChI=1S/C9H8Cl2O/c10-8-3-6-1-2-12-5-7(6)4-9(8)11/h3-4H,1-2,5H2. The third kappa shape index (κ3) is 1.45. The van der Waals surface area contributed by atoms with Gasteiger partial charge in [-0.25, -0.2) is 0 Å².